The summed E-state index contributed by atoms with van der Waals surface area (Å²) in [6, 6.07) is 3.18. The quantitative estimate of drug-likeness (QED) is 0.802. The number of sulfone groups is 1. The zero-order valence-electron chi connectivity index (χ0n) is 8.47. The maximum Gasteiger partial charge on any atom is 0.253 e. The minimum atomic E-state index is -3.26. The van der Waals surface area contributed by atoms with Crippen LogP contribution in [0.15, 0.2) is 24.5 Å². The Morgan fingerprint density at radius 3 is 2.67 bits per heavy atom. The van der Waals surface area contributed by atoms with Gasteiger partial charge in [0.05, 0.1) is 5.56 Å². The summed E-state index contributed by atoms with van der Waals surface area (Å²) >= 11 is 0. The van der Waals surface area contributed by atoms with Crippen molar-refractivity contribution in [2.24, 2.45) is 0 Å². The third kappa shape index (κ3) is 3.32. The van der Waals surface area contributed by atoms with Gasteiger partial charge < -0.3 is 5.32 Å². The molecule has 82 valence electrons. The lowest BCUT2D eigenvalue weighted by Crippen LogP contribution is -2.37. The van der Waals surface area contributed by atoms with Gasteiger partial charge in [-0.15, -0.1) is 0 Å². The first-order valence-electron chi connectivity index (χ1n) is 4.31. The van der Waals surface area contributed by atoms with Crippen molar-refractivity contribution in [2.75, 3.05) is 6.26 Å². The van der Waals surface area contributed by atoms with Crippen LogP contribution >= 0.6 is 0 Å². The number of aromatic nitrogens is 1. The highest BCUT2D eigenvalue weighted by Crippen LogP contribution is 1.99. The molecule has 0 saturated carbocycles. The molecule has 0 radical (unpaired) electrons. The molecular formula is C9H12N2O3S. The topological polar surface area (TPSA) is 76.1 Å². The second-order valence-corrected chi connectivity index (χ2v) is 5.55. The van der Waals surface area contributed by atoms with Crippen LogP contribution in [0.1, 0.15) is 17.3 Å². The van der Waals surface area contributed by atoms with Crippen molar-refractivity contribution in [3.63, 3.8) is 0 Å². The van der Waals surface area contributed by atoms with Gasteiger partial charge >= 0.3 is 0 Å². The van der Waals surface area contributed by atoms with E-state index < -0.39 is 21.1 Å². The molecule has 0 aliphatic rings. The number of hydrogen-bond acceptors (Lipinski definition) is 4. The van der Waals surface area contributed by atoms with E-state index in [1.165, 1.54) is 19.3 Å². The summed E-state index contributed by atoms with van der Waals surface area (Å²) in [5.74, 6) is -0.443. The molecule has 1 unspecified atom stereocenters. The molecular weight excluding hydrogens is 216 g/mol. The van der Waals surface area contributed by atoms with Gasteiger partial charge in [-0.2, -0.15) is 0 Å². The minimum Gasteiger partial charge on any atom is -0.336 e. The van der Waals surface area contributed by atoms with Crippen LogP contribution in [0.2, 0.25) is 0 Å². The molecule has 0 bridgehead atoms. The molecule has 1 heterocycles. The highest BCUT2D eigenvalue weighted by atomic mass is 32.2. The number of hydrogen-bond donors (Lipinski definition) is 1. The molecule has 5 nitrogen and oxygen atoms in total. The summed E-state index contributed by atoms with van der Waals surface area (Å²) in [4.78, 5) is 15.3. The van der Waals surface area contributed by atoms with E-state index in [-0.39, 0.29) is 0 Å². The number of rotatable bonds is 3. The van der Waals surface area contributed by atoms with E-state index in [1.807, 2.05) is 0 Å². The lowest BCUT2D eigenvalue weighted by atomic mass is 10.3. The van der Waals surface area contributed by atoms with Crippen molar-refractivity contribution in [3.8, 4) is 0 Å². The first kappa shape index (κ1) is 11.6. The van der Waals surface area contributed by atoms with Gasteiger partial charge in [-0.3, -0.25) is 9.78 Å². The predicted octanol–water partition coefficient (Wildman–Crippen LogP) is 0.202. The van der Waals surface area contributed by atoms with E-state index in [4.69, 9.17) is 0 Å². The average molecular weight is 228 g/mol. The molecule has 0 spiro atoms. The summed E-state index contributed by atoms with van der Waals surface area (Å²) in [5, 5.41) is 1.47. The highest BCUT2D eigenvalue weighted by Gasteiger charge is 2.17. The first-order chi connectivity index (χ1) is 6.91. The Balaban J connectivity index is 2.74. The van der Waals surface area contributed by atoms with Crippen molar-refractivity contribution < 1.29 is 13.2 Å². The summed E-state index contributed by atoms with van der Waals surface area (Å²) in [5.41, 5.74) is 0.341. The van der Waals surface area contributed by atoms with E-state index in [1.54, 1.807) is 12.1 Å². The average Bonchev–Trinajstić information content (AvgIpc) is 2.17. The van der Waals surface area contributed by atoms with Gasteiger partial charge in [0.1, 0.15) is 5.37 Å². The Morgan fingerprint density at radius 1 is 1.53 bits per heavy atom. The Labute approximate surface area is 88.4 Å². The standard InChI is InChI=1S/C9H12N2O3S/c1-7(15(2,13)14)11-9(12)8-4-3-5-10-6-8/h3-7H,1-2H3,(H,11,12). The zero-order chi connectivity index (χ0) is 11.5. The van der Waals surface area contributed by atoms with E-state index in [2.05, 4.69) is 10.3 Å². The monoisotopic (exact) mass is 228 g/mol. The van der Waals surface area contributed by atoms with Crippen LogP contribution in [0.25, 0.3) is 0 Å². The molecule has 1 N–H and O–H groups in total. The normalized spacial score (nSPS) is 13.2. The predicted molar refractivity (Wildman–Crippen MR) is 56.0 cm³/mol. The van der Waals surface area contributed by atoms with Gasteiger partial charge in [0.25, 0.3) is 5.91 Å². The Morgan fingerprint density at radius 2 is 2.20 bits per heavy atom. The number of pyridine rings is 1. The van der Waals surface area contributed by atoms with Crippen molar-refractivity contribution >= 4 is 15.7 Å². The van der Waals surface area contributed by atoms with Crippen LogP contribution in [0.3, 0.4) is 0 Å². The van der Waals surface area contributed by atoms with Crippen LogP contribution in [-0.4, -0.2) is 30.9 Å². The lowest BCUT2D eigenvalue weighted by molar-refractivity contribution is 0.0950. The largest absolute Gasteiger partial charge is 0.336 e. The molecule has 1 atom stereocenters. The van der Waals surface area contributed by atoms with Gasteiger partial charge in [0.15, 0.2) is 9.84 Å². The fraction of sp³-hybridized carbons (Fsp3) is 0.333. The third-order valence-corrected chi connectivity index (χ3v) is 3.30. The fourth-order valence-electron chi connectivity index (χ4n) is 0.872. The summed E-state index contributed by atoms with van der Waals surface area (Å²) in [6.07, 6.45) is 3.99. The zero-order valence-corrected chi connectivity index (χ0v) is 9.28. The van der Waals surface area contributed by atoms with Crippen LogP contribution < -0.4 is 5.32 Å². The van der Waals surface area contributed by atoms with Crippen molar-refractivity contribution in [1.82, 2.24) is 10.3 Å². The highest BCUT2D eigenvalue weighted by molar-refractivity contribution is 7.91. The number of amides is 1. The molecule has 6 heteroatoms. The minimum absolute atomic E-state index is 0.341. The molecule has 1 aromatic rings. The number of carbonyl (C=O) groups is 1. The van der Waals surface area contributed by atoms with Crippen molar-refractivity contribution in [1.29, 1.82) is 0 Å². The number of nitrogens with one attached hydrogen (secondary N) is 1. The van der Waals surface area contributed by atoms with Crippen LogP contribution in [0, 0.1) is 0 Å². The Bertz CT molecular complexity index is 442. The maximum absolute atomic E-state index is 11.5. The van der Waals surface area contributed by atoms with E-state index >= 15 is 0 Å². The molecule has 0 aliphatic carbocycles. The molecule has 1 amide bonds. The van der Waals surface area contributed by atoms with Crippen molar-refractivity contribution in [2.45, 2.75) is 12.3 Å². The number of nitrogens with zero attached hydrogens (tertiary/aromatic N) is 1. The molecule has 1 rings (SSSR count). The van der Waals surface area contributed by atoms with E-state index in [0.717, 1.165) is 6.26 Å². The smallest absolute Gasteiger partial charge is 0.253 e. The van der Waals surface area contributed by atoms with Crippen LogP contribution in [0.4, 0.5) is 0 Å². The molecule has 0 aromatic carbocycles. The van der Waals surface area contributed by atoms with Gasteiger partial charge in [-0.25, -0.2) is 8.42 Å². The first-order valence-corrected chi connectivity index (χ1v) is 6.26. The molecule has 1 aromatic heterocycles. The SMILES string of the molecule is CC(NC(=O)c1cccnc1)S(C)(=O)=O. The van der Waals surface area contributed by atoms with E-state index in [9.17, 15) is 13.2 Å². The van der Waals surface area contributed by atoms with Gasteiger partial charge in [0.2, 0.25) is 0 Å². The number of carbonyl (C=O) groups excluding carboxylic acids is 1. The van der Waals surface area contributed by atoms with E-state index in [0.29, 0.717) is 5.56 Å². The van der Waals surface area contributed by atoms with Crippen LogP contribution in [-0.2, 0) is 9.84 Å². The summed E-state index contributed by atoms with van der Waals surface area (Å²) in [7, 11) is -3.26. The lowest BCUT2D eigenvalue weighted by Gasteiger charge is -2.11. The van der Waals surface area contributed by atoms with Gasteiger partial charge in [-0.05, 0) is 19.1 Å². The third-order valence-electron chi connectivity index (χ3n) is 1.90. The van der Waals surface area contributed by atoms with Crippen molar-refractivity contribution in [3.05, 3.63) is 30.1 Å². The molecule has 0 fully saturated rings. The van der Waals surface area contributed by atoms with Crippen LogP contribution in [0.5, 0.6) is 0 Å². The summed E-state index contributed by atoms with van der Waals surface area (Å²) in [6.45, 7) is 1.42. The second-order valence-electron chi connectivity index (χ2n) is 3.19. The molecule has 0 aliphatic heterocycles. The van der Waals surface area contributed by atoms with Gasteiger partial charge in [0, 0.05) is 18.6 Å². The Hall–Kier alpha value is -1.43. The second kappa shape index (κ2) is 4.39. The fourth-order valence-corrected chi connectivity index (χ4v) is 1.19. The van der Waals surface area contributed by atoms with Gasteiger partial charge in [-0.1, -0.05) is 0 Å². The molecule has 15 heavy (non-hydrogen) atoms. The maximum atomic E-state index is 11.5. The Kier molecular flexibility index (Phi) is 3.41. The molecule has 0 saturated heterocycles. The summed E-state index contributed by atoms with van der Waals surface area (Å²) < 4.78 is 22.1.